The highest BCUT2D eigenvalue weighted by Gasteiger charge is 2.35. The Balaban J connectivity index is 1.63. The van der Waals surface area contributed by atoms with Gasteiger partial charge in [-0.3, -0.25) is 9.59 Å². The lowest BCUT2D eigenvalue weighted by Gasteiger charge is -2.38. The summed E-state index contributed by atoms with van der Waals surface area (Å²) in [6.45, 7) is 5.41. The highest BCUT2D eigenvalue weighted by Crippen LogP contribution is 2.34. The largest absolute Gasteiger partial charge is 0.381 e. The number of nitrogens with one attached hydrogen (secondary N) is 2. The van der Waals surface area contributed by atoms with Crippen LogP contribution in [0.15, 0.2) is 48.5 Å². The third-order valence-corrected chi connectivity index (χ3v) is 5.78. The van der Waals surface area contributed by atoms with Crippen LogP contribution in [-0.4, -0.2) is 37.6 Å². The number of hydrogen-bond acceptors (Lipinski definition) is 3. The molecule has 5 nitrogen and oxygen atoms in total. The summed E-state index contributed by atoms with van der Waals surface area (Å²) in [5, 5.41) is 6.50. The van der Waals surface area contributed by atoms with Gasteiger partial charge >= 0.3 is 0 Å². The lowest BCUT2D eigenvalue weighted by atomic mass is 9.74. The molecule has 1 atom stereocenters. The maximum Gasteiger partial charge on any atom is 0.251 e. The van der Waals surface area contributed by atoms with E-state index in [0.717, 1.165) is 24.0 Å². The van der Waals surface area contributed by atoms with E-state index in [-0.39, 0.29) is 17.2 Å². The molecule has 2 amide bonds. The minimum absolute atomic E-state index is 0.196. The number of carbonyl (C=O) groups is 2. The monoisotopic (exact) mass is 414 g/mol. The van der Waals surface area contributed by atoms with Crippen LogP contribution in [0.2, 0.25) is 5.02 Å². The van der Waals surface area contributed by atoms with E-state index in [2.05, 4.69) is 10.6 Å². The van der Waals surface area contributed by atoms with Crippen LogP contribution in [-0.2, 0) is 14.9 Å². The Morgan fingerprint density at radius 2 is 1.83 bits per heavy atom. The first-order chi connectivity index (χ1) is 13.9. The van der Waals surface area contributed by atoms with Gasteiger partial charge in [0.25, 0.3) is 5.91 Å². The van der Waals surface area contributed by atoms with E-state index in [1.54, 1.807) is 19.1 Å². The standard InChI is InChI=1S/C23H27ClN2O3/c1-16-4-3-5-18(14-16)22(28)26-17(2)21(27)25-15-23(10-12-29-13-11-23)19-6-8-20(24)9-7-19/h3-9,14,17H,10-13,15H2,1-2H3,(H,25,27)(H,26,28). The van der Waals surface area contributed by atoms with Crippen molar-refractivity contribution in [2.75, 3.05) is 19.8 Å². The van der Waals surface area contributed by atoms with Gasteiger partial charge in [0.2, 0.25) is 5.91 Å². The molecule has 3 rings (SSSR count). The molecule has 2 aromatic carbocycles. The van der Waals surface area contributed by atoms with Gasteiger partial charge in [-0.15, -0.1) is 0 Å². The Labute approximate surface area is 176 Å². The third kappa shape index (κ3) is 5.37. The zero-order chi connectivity index (χ0) is 20.9. The quantitative estimate of drug-likeness (QED) is 0.758. The number of aryl methyl sites for hydroxylation is 1. The van der Waals surface area contributed by atoms with Gasteiger partial charge in [-0.2, -0.15) is 0 Å². The van der Waals surface area contributed by atoms with Crippen molar-refractivity contribution in [3.8, 4) is 0 Å². The average molecular weight is 415 g/mol. The van der Waals surface area contributed by atoms with Gasteiger partial charge < -0.3 is 15.4 Å². The molecule has 0 aromatic heterocycles. The molecule has 0 saturated carbocycles. The second-order valence-corrected chi connectivity index (χ2v) is 8.12. The Morgan fingerprint density at radius 3 is 2.48 bits per heavy atom. The molecule has 0 radical (unpaired) electrons. The smallest absolute Gasteiger partial charge is 0.251 e. The molecule has 1 unspecified atom stereocenters. The predicted octanol–water partition coefficient (Wildman–Crippen LogP) is 3.63. The van der Waals surface area contributed by atoms with Gasteiger partial charge in [-0.1, -0.05) is 41.4 Å². The molecular weight excluding hydrogens is 388 g/mol. The number of halogens is 1. The van der Waals surface area contributed by atoms with Crippen molar-refractivity contribution in [3.05, 3.63) is 70.2 Å². The van der Waals surface area contributed by atoms with Crippen molar-refractivity contribution in [2.45, 2.75) is 38.1 Å². The van der Waals surface area contributed by atoms with Crippen LogP contribution >= 0.6 is 11.6 Å². The molecule has 0 aliphatic carbocycles. The molecule has 1 heterocycles. The van der Waals surface area contributed by atoms with E-state index in [0.29, 0.717) is 30.3 Å². The van der Waals surface area contributed by atoms with E-state index in [1.807, 2.05) is 43.3 Å². The predicted molar refractivity (Wildman–Crippen MR) is 114 cm³/mol. The van der Waals surface area contributed by atoms with Gasteiger partial charge in [0.05, 0.1) is 0 Å². The minimum atomic E-state index is -0.634. The molecule has 29 heavy (non-hydrogen) atoms. The minimum Gasteiger partial charge on any atom is -0.381 e. The van der Waals surface area contributed by atoms with Gasteiger partial charge in [0.1, 0.15) is 6.04 Å². The fourth-order valence-corrected chi connectivity index (χ4v) is 3.80. The van der Waals surface area contributed by atoms with E-state index in [4.69, 9.17) is 16.3 Å². The van der Waals surface area contributed by atoms with Crippen molar-refractivity contribution in [2.24, 2.45) is 0 Å². The van der Waals surface area contributed by atoms with Gasteiger partial charge in [0, 0.05) is 35.8 Å². The molecule has 154 valence electrons. The summed E-state index contributed by atoms with van der Waals surface area (Å²) < 4.78 is 5.54. The van der Waals surface area contributed by atoms with E-state index < -0.39 is 6.04 Å². The van der Waals surface area contributed by atoms with Gasteiger partial charge in [0.15, 0.2) is 0 Å². The lowest BCUT2D eigenvalue weighted by molar-refractivity contribution is -0.123. The topological polar surface area (TPSA) is 67.4 Å². The molecular formula is C23H27ClN2O3. The summed E-state index contributed by atoms with van der Waals surface area (Å²) in [6, 6.07) is 14.5. The number of ether oxygens (including phenoxy) is 1. The van der Waals surface area contributed by atoms with Crippen LogP contribution in [0.5, 0.6) is 0 Å². The Bertz CT molecular complexity index is 861. The van der Waals surface area contributed by atoms with E-state index in [1.165, 1.54) is 0 Å². The van der Waals surface area contributed by atoms with Crippen LogP contribution in [0.25, 0.3) is 0 Å². The first-order valence-electron chi connectivity index (χ1n) is 9.89. The molecule has 6 heteroatoms. The molecule has 0 bridgehead atoms. The first kappa shape index (κ1) is 21.3. The van der Waals surface area contributed by atoms with Crippen molar-refractivity contribution >= 4 is 23.4 Å². The van der Waals surface area contributed by atoms with Crippen LogP contribution < -0.4 is 10.6 Å². The maximum atomic E-state index is 12.7. The van der Waals surface area contributed by atoms with Crippen molar-refractivity contribution in [1.82, 2.24) is 10.6 Å². The van der Waals surface area contributed by atoms with Crippen molar-refractivity contribution in [3.63, 3.8) is 0 Å². The molecule has 1 aliphatic rings. The number of rotatable bonds is 6. The normalized spacial score (nSPS) is 16.7. The molecule has 1 aliphatic heterocycles. The van der Waals surface area contributed by atoms with Crippen LogP contribution in [0, 0.1) is 6.92 Å². The molecule has 2 N–H and O–H groups in total. The second-order valence-electron chi connectivity index (χ2n) is 7.68. The number of amides is 2. The fraction of sp³-hybridized carbons (Fsp3) is 0.391. The zero-order valence-electron chi connectivity index (χ0n) is 16.8. The Kier molecular flexibility index (Phi) is 6.93. The summed E-state index contributed by atoms with van der Waals surface area (Å²) in [5.74, 6) is -0.458. The van der Waals surface area contributed by atoms with Crippen LogP contribution in [0.3, 0.4) is 0 Å². The van der Waals surface area contributed by atoms with Crippen molar-refractivity contribution < 1.29 is 14.3 Å². The van der Waals surface area contributed by atoms with Crippen LogP contribution in [0.1, 0.15) is 41.3 Å². The highest BCUT2D eigenvalue weighted by atomic mass is 35.5. The van der Waals surface area contributed by atoms with Crippen molar-refractivity contribution in [1.29, 1.82) is 0 Å². The van der Waals surface area contributed by atoms with E-state index in [9.17, 15) is 9.59 Å². The SMILES string of the molecule is Cc1cccc(C(=O)NC(C)C(=O)NCC2(c3ccc(Cl)cc3)CCOCC2)c1. The molecule has 2 aromatic rings. The number of carbonyl (C=O) groups excluding carboxylic acids is 2. The summed E-state index contributed by atoms with van der Waals surface area (Å²) in [7, 11) is 0. The maximum absolute atomic E-state index is 12.7. The second kappa shape index (κ2) is 9.42. The lowest BCUT2D eigenvalue weighted by Crippen LogP contribution is -2.50. The zero-order valence-corrected chi connectivity index (χ0v) is 17.6. The molecule has 1 saturated heterocycles. The molecule has 0 spiro atoms. The summed E-state index contributed by atoms with van der Waals surface area (Å²) >= 11 is 6.04. The van der Waals surface area contributed by atoms with E-state index >= 15 is 0 Å². The summed E-state index contributed by atoms with van der Waals surface area (Å²) in [4.78, 5) is 25.1. The first-order valence-corrected chi connectivity index (χ1v) is 10.3. The Morgan fingerprint density at radius 1 is 1.14 bits per heavy atom. The average Bonchev–Trinajstić information content (AvgIpc) is 2.73. The van der Waals surface area contributed by atoms with Crippen LogP contribution in [0.4, 0.5) is 0 Å². The van der Waals surface area contributed by atoms with Gasteiger partial charge in [-0.05, 0) is 56.5 Å². The number of hydrogen-bond donors (Lipinski definition) is 2. The number of benzene rings is 2. The summed E-state index contributed by atoms with van der Waals surface area (Å²) in [5.41, 5.74) is 2.49. The highest BCUT2D eigenvalue weighted by molar-refractivity contribution is 6.30. The third-order valence-electron chi connectivity index (χ3n) is 5.53. The molecule has 1 fully saturated rings. The Hall–Kier alpha value is -2.37. The summed E-state index contributed by atoms with van der Waals surface area (Å²) in [6.07, 6.45) is 1.64. The fourth-order valence-electron chi connectivity index (χ4n) is 3.67. The van der Waals surface area contributed by atoms with Gasteiger partial charge in [-0.25, -0.2) is 0 Å².